The lowest BCUT2D eigenvalue weighted by atomic mass is 9.91. The van der Waals surface area contributed by atoms with E-state index >= 15 is 0 Å². The van der Waals surface area contributed by atoms with Gasteiger partial charge in [0.2, 0.25) is 0 Å². The van der Waals surface area contributed by atoms with E-state index in [0.29, 0.717) is 12.3 Å². The largest absolute Gasteiger partial charge is 0.457 e. The van der Waals surface area contributed by atoms with Crippen LogP contribution >= 0.6 is 0 Å². The highest BCUT2D eigenvalue weighted by Gasteiger charge is 2.18. The van der Waals surface area contributed by atoms with Crippen LogP contribution in [0.2, 0.25) is 0 Å². The monoisotopic (exact) mass is 512 g/mol. The summed E-state index contributed by atoms with van der Waals surface area (Å²) >= 11 is 0. The summed E-state index contributed by atoms with van der Waals surface area (Å²) in [6.45, 7) is 3.91. The number of hydrogen-bond donors (Lipinski definition) is 2. The molecule has 216 valence electrons. The molecule has 0 bridgehead atoms. The molecule has 0 aliphatic heterocycles. The van der Waals surface area contributed by atoms with Gasteiger partial charge in [-0.1, -0.05) is 155 Å². The number of unbranched alkanes of at least 4 members (excludes halogenated alkanes) is 20. The zero-order valence-electron chi connectivity index (χ0n) is 24.5. The second-order valence-electron chi connectivity index (χ2n) is 11.2. The predicted octanol–water partition coefficient (Wildman–Crippen LogP) is 9.29. The fraction of sp³-hybridized carbons (Fsp3) is 0.969. The zero-order chi connectivity index (χ0) is 26.5. The molecule has 1 unspecified atom stereocenters. The maximum absolute atomic E-state index is 12.3. The standard InChI is InChI=1S/C32H64O4/c1-3-5-7-9-11-13-15-16-18-20-22-24-26-30(27-32(35)36-31(28-33)29-34)25-23-21-19-17-14-12-10-8-6-4-2/h30-31,33-34H,3-29H2,1-2H3. The highest BCUT2D eigenvalue weighted by Crippen LogP contribution is 2.23. The molecule has 0 aromatic rings. The minimum absolute atomic E-state index is 0.265. The average molecular weight is 513 g/mol. The van der Waals surface area contributed by atoms with Crippen molar-refractivity contribution >= 4 is 5.97 Å². The molecule has 2 N–H and O–H groups in total. The zero-order valence-corrected chi connectivity index (χ0v) is 24.5. The van der Waals surface area contributed by atoms with E-state index < -0.39 is 6.10 Å². The van der Waals surface area contributed by atoms with Crippen LogP contribution in [0.15, 0.2) is 0 Å². The van der Waals surface area contributed by atoms with E-state index in [-0.39, 0.29) is 19.2 Å². The summed E-state index contributed by atoms with van der Waals surface area (Å²) < 4.78 is 5.25. The van der Waals surface area contributed by atoms with Crippen LogP contribution in [0.5, 0.6) is 0 Å². The normalized spacial score (nSPS) is 12.4. The minimum atomic E-state index is -0.776. The number of ether oxygens (including phenoxy) is 1. The molecule has 0 amide bonds. The number of esters is 1. The van der Waals surface area contributed by atoms with E-state index in [4.69, 9.17) is 4.74 Å². The molecular weight excluding hydrogens is 448 g/mol. The molecule has 0 radical (unpaired) electrons. The molecule has 0 saturated carbocycles. The summed E-state index contributed by atoms with van der Waals surface area (Å²) in [7, 11) is 0. The molecule has 0 spiro atoms. The van der Waals surface area contributed by atoms with E-state index in [0.717, 1.165) is 12.8 Å². The summed E-state index contributed by atoms with van der Waals surface area (Å²) in [6, 6.07) is 0. The number of aliphatic hydroxyl groups is 2. The summed E-state index contributed by atoms with van der Waals surface area (Å²) in [4.78, 5) is 12.3. The summed E-state index contributed by atoms with van der Waals surface area (Å²) in [6.07, 6.45) is 31.3. The van der Waals surface area contributed by atoms with E-state index in [2.05, 4.69) is 13.8 Å². The van der Waals surface area contributed by atoms with Crippen LogP contribution in [0.1, 0.15) is 174 Å². The van der Waals surface area contributed by atoms with E-state index in [1.807, 2.05) is 0 Å². The minimum Gasteiger partial charge on any atom is -0.457 e. The fourth-order valence-corrected chi connectivity index (χ4v) is 5.14. The first-order valence-electron chi connectivity index (χ1n) is 16.1. The van der Waals surface area contributed by atoms with Crippen LogP contribution < -0.4 is 0 Å². The van der Waals surface area contributed by atoms with Crippen molar-refractivity contribution in [2.24, 2.45) is 5.92 Å². The lowest BCUT2D eigenvalue weighted by Gasteiger charge is -2.18. The Hall–Kier alpha value is -0.610. The number of carbonyl (C=O) groups excluding carboxylic acids is 1. The van der Waals surface area contributed by atoms with Gasteiger partial charge < -0.3 is 14.9 Å². The SMILES string of the molecule is CCCCCCCCCCCCCCC(CCCCCCCCCCCC)CC(=O)OC(CO)CO. The lowest BCUT2D eigenvalue weighted by molar-refractivity contribution is -0.154. The molecule has 0 aliphatic rings. The van der Waals surface area contributed by atoms with Crippen LogP contribution in [0.4, 0.5) is 0 Å². The average Bonchev–Trinajstić information content (AvgIpc) is 2.88. The van der Waals surface area contributed by atoms with Gasteiger partial charge in [-0.15, -0.1) is 0 Å². The Labute approximate surface area is 225 Å². The Morgan fingerprint density at radius 3 is 1.14 bits per heavy atom. The van der Waals surface area contributed by atoms with E-state index in [9.17, 15) is 15.0 Å². The Balaban J connectivity index is 4.01. The van der Waals surface area contributed by atoms with Gasteiger partial charge in [-0.25, -0.2) is 0 Å². The highest BCUT2D eigenvalue weighted by molar-refractivity contribution is 5.69. The van der Waals surface area contributed by atoms with Crippen LogP contribution in [0.25, 0.3) is 0 Å². The van der Waals surface area contributed by atoms with Gasteiger partial charge in [0, 0.05) is 6.42 Å². The van der Waals surface area contributed by atoms with Crippen LogP contribution in [-0.4, -0.2) is 35.5 Å². The first-order valence-corrected chi connectivity index (χ1v) is 16.1. The quantitative estimate of drug-likeness (QED) is 0.0774. The molecule has 0 aromatic heterocycles. The van der Waals surface area contributed by atoms with E-state index in [1.165, 1.54) is 141 Å². The molecule has 4 nitrogen and oxygen atoms in total. The number of hydrogen-bond acceptors (Lipinski definition) is 4. The second-order valence-corrected chi connectivity index (χ2v) is 11.2. The van der Waals surface area contributed by atoms with Gasteiger partial charge in [0.1, 0.15) is 6.10 Å². The first kappa shape index (κ1) is 35.4. The van der Waals surface area contributed by atoms with Gasteiger partial charge in [-0.05, 0) is 18.8 Å². The molecule has 0 aromatic carbocycles. The van der Waals surface area contributed by atoms with Crippen molar-refractivity contribution in [1.82, 2.24) is 0 Å². The molecule has 0 fully saturated rings. The van der Waals surface area contributed by atoms with Crippen molar-refractivity contribution in [3.63, 3.8) is 0 Å². The predicted molar refractivity (Wildman–Crippen MR) is 154 cm³/mol. The Bertz CT molecular complexity index is 436. The Morgan fingerprint density at radius 1 is 0.528 bits per heavy atom. The Morgan fingerprint density at radius 2 is 0.833 bits per heavy atom. The summed E-state index contributed by atoms with van der Waals surface area (Å²) in [5, 5.41) is 18.4. The van der Waals surface area contributed by atoms with Crippen molar-refractivity contribution in [2.45, 2.75) is 180 Å². The third kappa shape index (κ3) is 25.1. The van der Waals surface area contributed by atoms with Crippen molar-refractivity contribution in [3.8, 4) is 0 Å². The molecule has 1 atom stereocenters. The van der Waals surface area contributed by atoms with Gasteiger partial charge in [-0.2, -0.15) is 0 Å². The smallest absolute Gasteiger partial charge is 0.306 e. The Kier molecular flexibility index (Phi) is 28.5. The second kappa shape index (κ2) is 29.0. The summed E-state index contributed by atoms with van der Waals surface area (Å²) in [5.74, 6) is 0.104. The lowest BCUT2D eigenvalue weighted by Crippen LogP contribution is -2.26. The van der Waals surface area contributed by atoms with Gasteiger partial charge in [0.05, 0.1) is 13.2 Å². The van der Waals surface area contributed by atoms with Crippen molar-refractivity contribution < 1.29 is 19.7 Å². The van der Waals surface area contributed by atoms with Crippen LogP contribution in [0.3, 0.4) is 0 Å². The van der Waals surface area contributed by atoms with Gasteiger partial charge in [0.15, 0.2) is 0 Å². The molecule has 0 rings (SSSR count). The summed E-state index contributed by atoms with van der Waals surface area (Å²) in [5.41, 5.74) is 0. The number of rotatable bonds is 29. The highest BCUT2D eigenvalue weighted by atomic mass is 16.6. The number of carbonyl (C=O) groups is 1. The maximum atomic E-state index is 12.3. The van der Waals surface area contributed by atoms with Crippen molar-refractivity contribution in [3.05, 3.63) is 0 Å². The van der Waals surface area contributed by atoms with Gasteiger partial charge in [-0.3, -0.25) is 4.79 Å². The molecule has 0 saturated heterocycles. The fourth-order valence-electron chi connectivity index (χ4n) is 5.14. The third-order valence-electron chi connectivity index (χ3n) is 7.59. The maximum Gasteiger partial charge on any atom is 0.306 e. The van der Waals surface area contributed by atoms with Crippen molar-refractivity contribution in [2.75, 3.05) is 13.2 Å². The van der Waals surface area contributed by atoms with Crippen LogP contribution in [0, 0.1) is 5.92 Å². The molecular formula is C32H64O4. The number of aliphatic hydroxyl groups excluding tert-OH is 2. The molecule has 4 heteroatoms. The van der Waals surface area contributed by atoms with Crippen LogP contribution in [-0.2, 0) is 9.53 Å². The molecule has 0 heterocycles. The first-order chi connectivity index (χ1) is 17.7. The molecule has 0 aliphatic carbocycles. The van der Waals surface area contributed by atoms with E-state index in [1.54, 1.807) is 0 Å². The van der Waals surface area contributed by atoms with Gasteiger partial charge in [0.25, 0.3) is 0 Å². The third-order valence-corrected chi connectivity index (χ3v) is 7.59. The van der Waals surface area contributed by atoms with Gasteiger partial charge >= 0.3 is 5.97 Å². The molecule has 36 heavy (non-hydrogen) atoms. The van der Waals surface area contributed by atoms with Crippen molar-refractivity contribution in [1.29, 1.82) is 0 Å². The topological polar surface area (TPSA) is 66.8 Å².